The standard InChI is InChI=1S/C19H23N5O2/c20-23-16(12-22-19-18(26)5-2-8-21-19)13-24-9-6-14(7-10-24)15-3-1-4-17(25)11-15/h1-5,8,11-12,14,25-26H,6-7,9-10,13,20H2. The number of aromatic hydroxyl groups is 2. The molecule has 1 aliphatic rings. The molecule has 1 aliphatic heterocycles. The van der Waals surface area contributed by atoms with Gasteiger partial charge in [-0.1, -0.05) is 12.1 Å². The molecule has 26 heavy (non-hydrogen) atoms. The number of benzene rings is 1. The fourth-order valence-electron chi connectivity index (χ4n) is 3.17. The lowest BCUT2D eigenvalue weighted by Crippen LogP contribution is -2.37. The highest BCUT2D eigenvalue weighted by Crippen LogP contribution is 2.29. The smallest absolute Gasteiger partial charge is 0.194 e. The molecule has 136 valence electrons. The van der Waals surface area contributed by atoms with Crippen molar-refractivity contribution in [1.29, 1.82) is 0 Å². The van der Waals surface area contributed by atoms with Crippen molar-refractivity contribution >= 4 is 17.7 Å². The maximum Gasteiger partial charge on any atom is 0.194 e. The Hall–Kier alpha value is -2.93. The van der Waals surface area contributed by atoms with Gasteiger partial charge in [0.1, 0.15) is 5.75 Å². The van der Waals surface area contributed by atoms with Crippen LogP contribution in [-0.4, -0.2) is 51.7 Å². The number of pyridine rings is 1. The molecule has 2 heterocycles. The maximum absolute atomic E-state index is 9.70. The number of aliphatic imine (C=N–C) groups is 1. The average Bonchev–Trinajstić information content (AvgIpc) is 2.67. The quantitative estimate of drug-likeness (QED) is 0.435. The summed E-state index contributed by atoms with van der Waals surface area (Å²) in [6.45, 7) is 2.43. The molecule has 7 heteroatoms. The summed E-state index contributed by atoms with van der Waals surface area (Å²) < 4.78 is 0. The summed E-state index contributed by atoms with van der Waals surface area (Å²) in [6, 6.07) is 10.7. The first-order chi connectivity index (χ1) is 12.7. The van der Waals surface area contributed by atoms with Crippen molar-refractivity contribution < 1.29 is 10.2 Å². The SMILES string of the molecule is NN=C(C=Nc1ncccc1O)CN1CCC(c2cccc(O)c2)CC1. The highest BCUT2D eigenvalue weighted by atomic mass is 16.3. The fourth-order valence-corrected chi connectivity index (χ4v) is 3.17. The Bertz CT molecular complexity index is 798. The lowest BCUT2D eigenvalue weighted by atomic mass is 9.89. The van der Waals surface area contributed by atoms with Gasteiger partial charge in [-0.15, -0.1) is 0 Å². The Labute approximate surface area is 152 Å². The van der Waals surface area contributed by atoms with Gasteiger partial charge in [-0.05, 0) is 61.7 Å². The van der Waals surface area contributed by atoms with Gasteiger partial charge < -0.3 is 16.1 Å². The monoisotopic (exact) mass is 353 g/mol. The lowest BCUT2D eigenvalue weighted by molar-refractivity contribution is 0.239. The molecule has 1 aromatic carbocycles. The molecule has 0 amide bonds. The summed E-state index contributed by atoms with van der Waals surface area (Å²) in [5, 5.41) is 23.1. The van der Waals surface area contributed by atoms with E-state index in [0.29, 0.717) is 23.9 Å². The number of nitrogens with two attached hydrogens (primary N) is 1. The fraction of sp³-hybridized carbons (Fsp3) is 0.316. The van der Waals surface area contributed by atoms with Crippen LogP contribution in [0.4, 0.5) is 5.82 Å². The molecule has 7 nitrogen and oxygen atoms in total. The van der Waals surface area contributed by atoms with Gasteiger partial charge in [0.15, 0.2) is 11.6 Å². The first-order valence-corrected chi connectivity index (χ1v) is 8.62. The second kappa shape index (κ2) is 8.44. The molecular weight excluding hydrogens is 330 g/mol. The van der Waals surface area contributed by atoms with Crippen LogP contribution < -0.4 is 5.84 Å². The van der Waals surface area contributed by atoms with Crippen LogP contribution in [-0.2, 0) is 0 Å². The molecule has 0 saturated carbocycles. The Kier molecular flexibility index (Phi) is 5.80. The second-order valence-electron chi connectivity index (χ2n) is 6.37. The lowest BCUT2D eigenvalue weighted by Gasteiger charge is -2.32. The number of likely N-dealkylation sites (tertiary alicyclic amines) is 1. The van der Waals surface area contributed by atoms with E-state index in [2.05, 4.69) is 26.0 Å². The number of aromatic nitrogens is 1. The Balaban J connectivity index is 1.55. The van der Waals surface area contributed by atoms with Gasteiger partial charge in [-0.2, -0.15) is 5.10 Å². The van der Waals surface area contributed by atoms with Crippen LogP contribution in [0.1, 0.15) is 24.3 Å². The van der Waals surface area contributed by atoms with E-state index in [9.17, 15) is 10.2 Å². The molecule has 1 saturated heterocycles. The minimum atomic E-state index is 0.0204. The molecule has 0 spiro atoms. The maximum atomic E-state index is 9.70. The van der Waals surface area contributed by atoms with Crippen molar-refractivity contribution in [2.75, 3.05) is 19.6 Å². The van der Waals surface area contributed by atoms with E-state index in [-0.39, 0.29) is 11.6 Å². The van der Waals surface area contributed by atoms with Crippen LogP contribution in [0.5, 0.6) is 11.5 Å². The number of nitrogens with zero attached hydrogens (tertiary/aromatic N) is 4. The van der Waals surface area contributed by atoms with Crippen molar-refractivity contribution in [3.63, 3.8) is 0 Å². The Morgan fingerprint density at radius 2 is 2.04 bits per heavy atom. The zero-order valence-corrected chi connectivity index (χ0v) is 14.5. The minimum absolute atomic E-state index is 0.0204. The zero-order chi connectivity index (χ0) is 18.4. The average molecular weight is 353 g/mol. The molecule has 0 aliphatic carbocycles. The van der Waals surface area contributed by atoms with Crippen molar-refractivity contribution in [2.24, 2.45) is 15.9 Å². The summed E-state index contributed by atoms with van der Waals surface area (Å²) >= 11 is 0. The van der Waals surface area contributed by atoms with Crippen LogP contribution in [0.3, 0.4) is 0 Å². The van der Waals surface area contributed by atoms with E-state index >= 15 is 0 Å². The molecule has 3 rings (SSSR count). The number of hydrogen-bond acceptors (Lipinski definition) is 7. The van der Waals surface area contributed by atoms with E-state index < -0.39 is 0 Å². The first kappa shape index (κ1) is 17.9. The molecule has 0 unspecified atom stereocenters. The highest BCUT2D eigenvalue weighted by Gasteiger charge is 2.21. The van der Waals surface area contributed by atoms with E-state index in [1.807, 2.05) is 12.1 Å². The predicted octanol–water partition coefficient (Wildman–Crippen LogP) is 2.39. The summed E-state index contributed by atoms with van der Waals surface area (Å²) in [5.41, 5.74) is 1.82. The normalized spacial score (nSPS) is 17.0. The topological polar surface area (TPSA) is 107 Å². The van der Waals surface area contributed by atoms with Crippen molar-refractivity contribution in [2.45, 2.75) is 18.8 Å². The largest absolute Gasteiger partial charge is 0.508 e. The molecular formula is C19H23N5O2. The molecule has 1 aromatic heterocycles. The van der Waals surface area contributed by atoms with Gasteiger partial charge in [-0.3, -0.25) is 4.90 Å². The Morgan fingerprint density at radius 1 is 1.23 bits per heavy atom. The van der Waals surface area contributed by atoms with Crippen LogP contribution in [0.2, 0.25) is 0 Å². The van der Waals surface area contributed by atoms with Crippen LogP contribution in [0.25, 0.3) is 0 Å². The van der Waals surface area contributed by atoms with Gasteiger partial charge in [0.05, 0.1) is 11.9 Å². The number of phenols is 1. The molecule has 2 aromatic rings. The van der Waals surface area contributed by atoms with E-state index in [1.54, 1.807) is 24.5 Å². The van der Waals surface area contributed by atoms with Crippen molar-refractivity contribution in [3.05, 3.63) is 48.2 Å². The van der Waals surface area contributed by atoms with Gasteiger partial charge in [0.2, 0.25) is 0 Å². The number of hydrogen-bond donors (Lipinski definition) is 3. The van der Waals surface area contributed by atoms with Crippen molar-refractivity contribution in [3.8, 4) is 11.5 Å². The minimum Gasteiger partial charge on any atom is -0.508 e. The van der Waals surface area contributed by atoms with Crippen molar-refractivity contribution in [1.82, 2.24) is 9.88 Å². The number of phenolic OH excluding ortho intramolecular Hbond substituents is 1. The molecule has 1 fully saturated rings. The summed E-state index contributed by atoms with van der Waals surface area (Å²) in [4.78, 5) is 10.4. The first-order valence-electron chi connectivity index (χ1n) is 8.62. The third-order valence-corrected chi connectivity index (χ3v) is 4.58. The molecule has 4 N–H and O–H groups in total. The van der Waals surface area contributed by atoms with Crippen LogP contribution >= 0.6 is 0 Å². The Morgan fingerprint density at radius 3 is 2.73 bits per heavy atom. The molecule has 0 radical (unpaired) electrons. The van der Waals surface area contributed by atoms with Gasteiger partial charge in [0, 0.05) is 12.7 Å². The summed E-state index contributed by atoms with van der Waals surface area (Å²) in [5.74, 6) is 6.52. The highest BCUT2D eigenvalue weighted by molar-refractivity contribution is 6.32. The van der Waals surface area contributed by atoms with E-state index in [4.69, 9.17) is 5.84 Å². The third-order valence-electron chi connectivity index (χ3n) is 4.58. The number of piperidine rings is 1. The molecule has 0 bridgehead atoms. The zero-order valence-electron chi connectivity index (χ0n) is 14.5. The van der Waals surface area contributed by atoms with Gasteiger partial charge in [-0.25, -0.2) is 9.98 Å². The number of hydrazone groups is 1. The summed E-state index contributed by atoms with van der Waals surface area (Å²) in [7, 11) is 0. The van der Waals surface area contributed by atoms with E-state index in [0.717, 1.165) is 25.9 Å². The predicted molar refractivity (Wildman–Crippen MR) is 102 cm³/mol. The van der Waals surface area contributed by atoms with Gasteiger partial charge in [0.25, 0.3) is 0 Å². The van der Waals surface area contributed by atoms with E-state index in [1.165, 1.54) is 11.6 Å². The number of rotatable bonds is 5. The summed E-state index contributed by atoms with van der Waals surface area (Å²) in [6.07, 6.45) is 5.14. The van der Waals surface area contributed by atoms with Gasteiger partial charge >= 0.3 is 0 Å². The third kappa shape index (κ3) is 4.58. The van der Waals surface area contributed by atoms with Crippen LogP contribution in [0.15, 0.2) is 52.7 Å². The molecule has 0 atom stereocenters. The second-order valence-corrected chi connectivity index (χ2v) is 6.37. The van der Waals surface area contributed by atoms with Crippen LogP contribution in [0, 0.1) is 0 Å².